The van der Waals surface area contributed by atoms with E-state index in [2.05, 4.69) is 11.6 Å². The Balaban J connectivity index is 2.14. The van der Waals surface area contributed by atoms with Crippen LogP contribution < -0.4 is 4.80 Å². The molecule has 0 bridgehead atoms. The summed E-state index contributed by atoms with van der Waals surface area (Å²) < 4.78 is 7.69. The number of aromatic nitrogens is 1. The third kappa shape index (κ3) is 3.29. The molecule has 2 aromatic carbocycles. The van der Waals surface area contributed by atoms with E-state index in [9.17, 15) is 9.59 Å². The smallest absolute Gasteiger partial charge is 0.338 e. The molecule has 3 aromatic rings. The van der Waals surface area contributed by atoms with Crippen LogP contribution in [0.4, 0.5) is 0 Å². The Hall–Kier alpha value is -2.99. The zero-order valence-corrected chi connectivity index (χ0v) is 14.5. The zero-order chi connectivity index (χ0) is 17.8. The van der Waals surface area contributed by atoms with E-state index < -0.39 is 11.9 Å². The number of esters is 1. The van der Waals surface area contributed by atoms with E-state index >= 15 is 0 Å². The molecule has 0 aliphatic heterocycles. The lowest BCUT2D eigenvalue weighted by atomic mass is 10.1. The zero-order valence-electron chi connectivity index (χ0n) is 13.6. The molecule has 0 unspecified atom stereocenters. The number of rotatable bonds is 4. The van der Waals surface area contributed by atoms with Crippen LogP contribution in [0.1, 0.15) is 20.7 Å². The van der Waals surface area contributed by atoms with Crippen molar-refractivity contribution in [3.05, 3.63) is 77.1 Å². The number of amides is 1. The third-order valence-corrected chi connectivity index (χ3v) is 4.72. The normalized spacial score (nSPS) is 11.5. The van der Waals surface area contributed by atoms with Crippen LogP contribution in [0.25, 0.3) is 10.2 Å². The molecule has 0 N–H and O–H groups in total. The van der Waals surface area contributed by atoms with Crippen LogP contribution >= 0.6 is 11.3 Å². The first kappa shape index (κ1) is 16.9. The lowest BCUT2D eigenvalue weighted by Gasteiger charge is -2.04. The fourth-order valence-corrected chi connectivity index (χ4v) is 3.55. The maximum atomic E-state index is 12.7. The van der Waals surface area contributed by atoms with Crippen LogP contribution in [0.2, 0.25) is 0 Å². The van der Waals surface area contributed by atoms with Crippen molar-refractivity contribution < 1.29 is 14.3 Å². The number of fused-ring (bicyclic) bond motifs is 1. The highest BCUT2D eigenvalue weighted by atomic mass is 32.1. The number of nitrogens with zero attached hydrogens (tertiary/aromatic N) is 2. The van der Waals surface area contributed by atoms with Crippen molar-refractivity contribution in [1.82, 2.24) is 4.57 Å². The first-order valence-corrected chi connectivity index (χ1v) is 8.43. The van der Waals surface area contributed by atoms with E-state index in [1.165, 1.54) is 18.4 Å². The Morgan fingerprint density at radius 3 is 2.56 bits per heavy atom. The number of hydrogen-bond donors (Lipinski definition) is 0. The highest BCUT2D eigenvalue weighted by molar-refractivity contribution is 7.16. The maximum absolute atomic E-state index is 12.7. The van der Waals surface area contributed by atoms with E-state index in [1.807, 2.05) is 28.8 Å². The molecule has 126 valence electrons. The van der Waals surface area contributed by atoms with Gasteiger partial charge in [0.1, 0.15) is 0 Å². The molecule has 0 saturated heterocycles. The van der Waals surface area contributed by atoms with Gasteiger partial charge in [0.25, 0.3) is 5.91 Å². The maximum Gasteiger partial charge on any atom is 0.338 e. The van der Waals surface area contributed by atoms with Crippen molar-refractivity contribution >= 4 is 33.4 Å². The van der Waals surface area contributed by atoms with E-state index in [0.717, 1.165) is 10.2 Å². The molecule has 0 aliphatic carbocycles. The predicted molar refractivity (Wildman–Crippen MR) is 97.7 cm³/mol. The average molecular weight is 352 g/mol. The van der Waals surface area contributed by atoms with Gasteiger partial charge in [0.2, 0.25) is 0 Å². The van der Waals surface area contributed by atoms with Crippen LogP contribution in [-0.2, 0) is 11.3 Å². The second-order valence-corrected chi connectivity index (χ2v) is 6.21. The fourth-order valence-electron chi connectivity index (χ4n) is 2.52. The van der Waals surface area contributed by atoms with Crippen LogP contribution in [-0.4, -0.2) is 23.6 Å². The quantitative estimate of drug-likeness (QED) is 0.534. The summed E-state index contributed by atoms with van der Waals surface area (Å²) in [5, 5.41) is 0. The second-order valence-electron chi connectivity index (χ2n) is 5.21. The minimum absolute atomic E-state index is 0.204. The highest BCUT2D eigenvalue weighted by Crippen LogP contribution is 2.17. The SMILES string of the molecule is C=CCn1c(=NC(=O)c2ccccc2C(=O)OC)sc2ccccc21. The molecular weight excluding hydrogens is 336 g/mol. The van der Waals surface area contributed by atoms with Crippen LogP contribution in [0.15, 0.2) is 66.2 Å². The molecule has 0 spiro atoms. The lowest BCUT2D eigenvalue weighted by molar-refractivity contribution is 0.0597. The monoisotopic (exact) mass is 352 g/mol. The van der Waals surface area contributed by atoms with Gasteiger partial charge in [0.05, 0.1) is 28.5 Å². The van der Waals surface area contributed by atoms with Gasteiger partial charge in [-0.25, -0.2) is 4.79 Å². The lowest BCUT2D eigenvalue weighted by Crippen LogP contribution is -2.17. The number of methoxy groups -OCH3 is 1. The van der Waals surface area contributed by atoms with Gasteiger partial charge in [-0.3, -0.25) is 4.79 Å². The number of thiazole rings is 1. The van der Waals surface area contributed by atoms with E-state index in [1.54, 1.807) is 30.3 Å². The molecule has 6 heteroatoms. The topological polar surface area (TPSA) is 60.7 Å². The first-order valence-electron chi connectivity index (χ1n) is 7.61. The Kier molecular flexibility index (Phi) is 4.90. The standard InChI is InChI=1S/C19H16N2O3S/c1-3-12-21-15-10-6-7-11-16(15)25-19(21)20-17(22)13-8-4-5-9-14(13)18(23)24-2/h3-11H,1,12H2,2H3. The molecule has 0 radical (unpaired) electrons. The highest BCUT2D eigenvalue weighted by Gasteiger charge is 2.17. The largest absolute Gasteiger partial charge is 0.465 e. The van der Waals surface area contributed by atoms with Crippen LogP contribution in [0.3, 0.4) is 0 Å². The van der Waals surface area contributed by atoms with Crippen LogP contribution in [0, 0.1) is 0 Å². The van der Waals surface area contributed by atoms with Crippen molar-refractivity contribution in [3.63, 3.8) is 0 Å². The van der Waals surface area contributed by atoms with Crippen molar-refractivity contribution in [3.8, 4) is 0 Å². The molecule has 25 heavy (non-hydrogen) atoms. The Morgan fingerprint density at radius 2 is 1.84 bits per heavy atom. The molecule has 3 rings (SSSR count). The molecule has 1 aromatic heterocycles. The summed E-state index contributed by atoms with van der Waals surface area (Å²) in [4.78, 5) is 29.4. The fraction of sp³-hybridized carbons (Fsp3) is 0.105. The van der Waals surface area contributed by atoms with Crippen LogP contribution in [0.5, 0.6) is 0 Å². The Bertz CT molecular complexity index is 1030. The van der Waals surface area contributed by atoms with Gasteiger partial charge in [0.15, 0.2) is 4.80 Å². The number of allylic oxidation sites excluding steroid dienone is 1. The summed E-state index contributed by atoms with van der Waals surface area (Å²) >= 11 is 1.42. The summed E-state index contributed by atoms with van der Waals surface area (Å²) in [5.74, 6) is -1.04. The summed E-state index contributed by atoms with van der Waals surface area (Å²) in [6.07, 6.45) is 1.76. The molecule has 1 heterocycles. The van der Waals surface area contributed by atoms with E-state index in [-0.39, 0.29) is 11.1 Å². The van der Waals surface area contributed by atoms with E-state index in [4.69, 9.17) is 4.74 Å². The van der Waals surface area contributed by atoms with Crippen molar-refractivity contribution in [1.29, 1.82) is 0 Å². The molecule has 5 nitrogen and oxygen atoms in total. The predicted octanol–water partition coefficient (Wildman–Crippen LogP) is 3.42. The second kappa shape index (κ2) is 7.27. The minimum atomic E-state index is -0.561. The molecule has 0 fully saturated rings. The van der Waals surface area contributed by atoms with Gasteiger partial charge in [-0.1, -0.05) is 41.7 Å². The summed E-state index contributed by atoms with van der Waals surface area (Å²) in [7, 11) is 1.28. The van der Waals surface area contributed by atoms with Gasteiger partial charge < -0.3 is 9.30 Å². The van der Waals surface area contributed by atoms with Gasteiger partial charge >= 0.3 is 5.97 Å². The summed E-state index contributed by atoms with van der Waals surface area (Å²) in [5.41, 5.74) is 1.41. The van der Waals surface area contributed by atoms with Crippen molar-refractivity contribution in [2.24, 2.45) is 4.99 Å². The summed E-state index contributed by atoms with van der Waals surface area (Å²) in [6, 6.07) is 14.3. The van der Waals surface area contributed by atoms with Gasteiger partial charge in [-0.2, -0.15) is 4.99 Å². The molecule has 1 amide bonds. The number of carbonyl (C=O) groups is 2. The summed E-state index contributed by atoms with van der Waals surface area (Å²) in [6.45, 7) is 4.30. The molecule has 0 atom stereocenters. The Labute approximate surface area is 148 Å². The minimum Gasteiger partial charge on any atom is -0.465 e. The number of ether oxygens (including phenoxy) is 1. The Morgan fingerprint density at radius 1 is 1.16 bits per heavy atom. The number of benzene rings is 2. The molecule has 0 aliphatic rings. The first-order chi connectivity index (χ1) is 12.2. The van der Waals surface area contributed by atoms with Gasteiger partial charge in [-0.15, -0.1) is 6.58 Å². The molecular formula is C19H16N2O3S. The molecule has 0 saturated carbocycles. The average Bonchev–Trinajstić information content (AvgIpc) is 2.98. The van der Waals surface area contributed by atoms with Crippen molar-refractivity contribution in [2.45, 2.75) is 6.54 Å². The van der Waals surface area contributed by atoms with Crippen molar-refractivity contribution in [2.75, 3.05) is 7.11 Å². The number of hydrogen-bond acceptors (Lipinski definition) is 4. The third-order valence-electron chi connectivity index (χ3n) is 3.66. The van der Waals surface area contributed by atoms with Gasteiger partial charge in [0, 0.05) is 6.54 Å². The van der Waals surface area contributed by atoms with Gasteiger partial charge in [-0.05, 0) is 24.3 Å². The number of carbonyl (C=O) groups excluding carboxylic acids is 2. The van der Waals surface area contributed by atoms with E-state index in [0.29, 0.717) is 11.3 Å². The number of para-hydroxylation sites is 1.